The lowest BCUT2D eigenvalue weighted by Gasteiger charge is -2.28. The van der Waals surface area contributed by atoms with E-state index in [9.17, 15) is 14.4 Å². The van der Waals surface area contributed by atoms with Crippen LogP contribution in [-0.4, -0.2) is 35.2 Å². The molecule has 0 radical (unpaired) electrons. The molecule has 2 rings (SSSR count). The Morgan fingerprint density at radius 1 is 1.30 bits per heavy atom. The highest BCUT2D eigenvalue weighted by atomic mass is 16.2. The van der Waals surface area contributed by atoms with Crippen molar-refractivity contribution in [3.8, 4) is 0 Å². The molecule has 0 bridgehead atoms. The number of nitrogens with zero attached hydrogens (tertiary/aromatic N) is 1. The topological polar surface area (TPSA) is 78.5 Å². The monoisotopic (exact) mass is 315 g/mol. The average molecular weight is 315 g/mol. The lowest BCUT2D eigenvalue weighted by Crippen LogP contribution is -2.40. The lowest BCUT2D eigenvalue weighted by molar-refractivity contribution is -0.126. The summed E-state index contributed by atoms with van der Waals surface area (Å²) in [7, 11) is 0. The molecule has 23 heavy (non-hydrogen) atoms. The molecule has 1 heterocycles. The predicted octanol–water partition coefficient (Wildman–Crippen LogP) is 1.22. The van der Waals surface area contributed by atoms with Crippen molar-refractivity contribution in [1.82, 2.24) is 10.2 Å². The van der Waals surface area contributed by atoms with Crippen molar-refractivity contribution >= 4 is 23.4 Å². The molecule has 0 spiro atoms. The van der Waals surface area contributed by atoms with Gasteiger partial charge in [-0.2, -0.15) is 0 Å². The SMILES string of the molecule is C=CC(=O)N1CCc2cc(NC(=O)[C@H](C)NC(C)=O)ccc2C1. The number of hydrogen-bond donors (Lipinski definition) is 2. The summed E-state index contributed by atoms with van der Waals surface area (Å²) in [6.07, 6.45) is 2.06. The molecule has 6 heteroatoms. The Balaban J connectivity index is 2.05. The number of carbonyl (C=O) groups excluding carboxylic acids is 3. The molecule has 1 atom stereocenters. The molecule has 122 valence electrons. The molecule has 0 saturated carbocycles. The molecular formula is C17H21N3O3. The van der Waals surface area contributed by atoms with E-state index in [0.717, 1.165) is 17.5 Å². The molecule has 6 nitrogen and oxygen atoms in total. The number of carbonyl (C=O) groups is 3. The van der Waals surface area contributed by atoms with E-state index in [1.54, 1.807) is 17.9 Å². The second-order valence-electron chi connectivity index (χ2n) is 5.61. The highest BCUT2D eigenvalue weighted by Gasteiger charge is 2.20. The molecule has 1 aromatic carbocycles. The summed E-state index contributed by atoms with van der Waals surface area (Å²) in [4.78, 5) is 36.4. The quantitative estimate of drug-likeness (QED) is 0.820. The van der Waals surface area contributed by atoms with Gasteiger partial charge in [0.05, 0.1) is 0 Å². The minimum absolute atomic E-state index is 0.0721. The van der Waals surface area contributed by atoms with Crippen LogP contribution in [0.25, 0.3) is 0 Å². The summed E-state index contributed by atoms with van der Waals surface area (Å²) in [5.74, 6) is -0.582. The maximum absolute atomic E-state index is 12.0. The van der Waals surface area contributed by atoms with Gasteiger partial charge < -0.3 is 15.5 Å². The van der Waals surface area contributed by atoms with Gasteiger partial charge in [-0.15, -0.1) is 0 Å². The molecule has 1 aromatic rings. The Kier molecular flexibility index (Phi) is 5.16. The molecular weight excluding hydrogens is 294 g/mol. The largest absolute Gasteiger partial charge is 0.345 e. The van der Waals surface area contributed by atoms with E-state index in [1.165, 1.54) is 13.0 Å². The van der Waals surface area contributed by atoms with E-state index in [1.807, 2.05) is 12.1 Å². The zero-order valence-corrected chi connectivity index (χ0v) is 13.4. The summed E-state index contributed by atoms with van der Waals surface area (Å²) in [6.45, 7) is 7.70. The highest BCUT2D eigenvalue weighted by molar-refractivity contribution is 5.96. The molecule has 0 saturated heterocycles. The van der Waals surface area contributed by atoms with Gasteiger partial charge >= 0.3 is 0 Å². The second-order valence-corrected chi connectivity index (χ2v) is 5.61. The Morgan fingerprint density at radius 2 is 2.04 bits per heavy atom. The summed E-state index contributed by atoms with van der Waals surface area (Å²) in [5, 5.41) is 5.34. The molecule has 1 aliphatic heterocycles. The third-order valence-corrected chi connectivity index (χ3v) is 3.79. The van der Waals surface area contributed by atoms with Crippen LogP contribution in [0.1, 0.15) is 25.0 Å². The van der Waals surface area contributed by atoms with E-state index in [2.05, 4.69) is 17.2 Å². The number of benzene rings is 1. The van der Waals surface area contributed by atoms with Gasteiger partial charge in [0.15, 0.2) is 0 Å². The third-order valence-electron chi connectivity index (χ3n) is 3.79. The van der Waals surface area contributed by atoms with Crippen LogP contribution in [0.4, 0.5) is 5.69 Å². The smallest absolute Gasteiger partial charge is 0.246 e. The number of amides is 3. The molecule has 0 unspecified atom stereocenters. The first-order valence-corrected chi connectivity index (χ1v) is 7.52. The van der Waals surface area contributed by atoms with Crippen LogP contribution >= 0.6 is 0 Å². The van der Waals surface area contributed by atoms with Crippen LogP contribution in [0.2, 0.25) is 0 Å². The fourth-order valence-corrected chi connectivity index (χ4v) is 2.57. The van der Waals surface area contributed by atoms with Gasteiger partial charge in [-0.25, -0.2) is 0 Å². The van der Waals surface area contributed by atoms with Gasteiger partial charge in [-0.05, 0) is 42.7 Å². The first-order valence-electron chi connectivity index (χ1n) is 7.52. The normalized spacial score (nSPS) is 14.4. The van der Waals surface area contributed by atoms with Gasteiger partial charge in [0, 0.05) is 25.7 Å². The third kappa shape index (κ3) is 4.18. The zero-order valence-electron chi connectivity index (χ0n) is 13.4. The molecule has 1 aliphatic rings. The summed E-state index contributed by atoms with van der Waals surface area (Å²) >= 11 is 0. The number of fused-ring (bicyclic) bond motifs is 1. The van der Waals surface area contributed by atoms with Gasteiger partial charge in [0.2, 0.25) is 17.7 Å². The molecule has 2 N–H and O–H groups in total. The van der Waals surface area contributed by atoms with Gasteiger partial charge in [-0.3, -0.25) is 14.4 Å². The minimum atomic E-state index is -0.593. The Labute approximate surface area is 135 Å². The first kappa shape index (κ1) is 16.7. The van der Waals surface area contributed by atoms with Crippen LogP contribution in [0.5, 0.6) is 0 Å². The van der Waals surface area contributed by atoms with E-state index < -0.39 is 6.04 Å². The number of hydrogen-bond acceptors (Lipinski definition) is 3. The van der Waals surface area contributed by atoms with Crippen molar-refractivity contribution in [2.75, 3.05) is 11.9 Å². The maximum atomic E-state index is 12.0. The standard InChI is InChI=1S/C17H21N3O3/c1-4-16(22)20-8-7-13-9-15(6-5-14(13)10-20)19-17(23)11(2)18-12(3)21/h4-6,9,11H,1,7-8,10H2,2-3H3,(H,18,21)(H,19,23)/t11-/m0/s1. The van der Waals surface area contributed by atoms with Crippen molar-refractivity contribution < 1.29 is 14.4 Å². The average Bonchev–Trinajstić information content (AvgIpc) is 2.52. The Bertz CT molecular complexity index is 654. The predicted molar refractivity (Wildman–Crippen MR) is 87.7 cm³/mol. The lowest BCUT2D eigenvalue weighted by atomic mass is 9.99. The molecule has 0 aliphatic carbocycles. The Morgan fingerprint density at radius 3 is 2.70 bits per heavy atom. The van der Waals surface area contributed by atoms with E-state index in [0.29, 0.717) is 18.8 Å². The van der Waals surface area contributed by atoms with Crippen LogP contribution in [0.15, 0.2) is 30.9 Å². The Hall–Kier alpha value is -2.63. The fourth-order valence-electron chi connectivity index (χ4n) is 2.57. The van der Waals surface area contributed by atoms with Crippen molar-refractivity contribution in [1.29, 1.82) is 0 Å². The summed E-state index contributed by atoms with van der Waals surface area (Å²) < 4.78 is 0. The van der Waals surface area contributed by atoms with Crippen LogP contribution < -0.4 is 10.6 Å². The second kappa shape index (κ2) is 7.09. The van der Waals surface area contributed by atoms with Crippen molar-refractivity contribution in [2.24, 2.45) is 0 Å². The van der Waals surface area contributed by atoms with Gasteiger partial charge in [-0.1, -0.05) is 12.6 Å². The van der Waals surface area contributed by atoms with Crippen molar-refractivity contribution in [3.05, 3.63) is 42.0 Å². The molecule has 0 fully saturated rings. The summed E-state index contributed by atoms with van der Waals surface area (Å²) in [5.41, 5.74) is 2.87. The van der Waals surface area contributed by atoms with E-state index in [4.69, 9.17) is 0 Å². The summed E-state index contributed by atoms with van der Waals surface area (Å²) in [6, 6.07) is 5.04. The molecule has 0 aromatic heterocycles. The first-order chi connectivity index (χ1) is 10.9. The van der Waals surface area contributed by atoms with Crippen molar-refractivity contribution in [2.45, 2.75) is 32.9 Å². The molecule has 3 amide bonds. The van der Waals surface area contributed by atoms with Crippen LogP contribution in [0, 0.1) is 0 Å². The van der Waals surface area contributed by atoms with Gasteiger partial charge in [0.1, 0.15) is 6.04 Å². The van der Waals surface area contributed by atoms with Crippen molar-refractivity contribution in [3.63, 3.8) is 0 Å². The van der Waals surface area contributed by atoms with E-state index >= 15 is 0 Å². The van der Waals surface area contributed by atoms with E-state index in [-0.39, 0.29) is 17.7 Å². The number of rotatable bonds is 4. The minimum Gasteiger partial charge on any atom is -0.345 e. The fraction of sp³-hybridized carbons (Fsp3) is 0.353. The number of nitrogens with one attached hydrogen (secondary N) is 2. The maximum Gasteiger partial charge on any atom is 0.246 e. The van der Waals surface area contributed by atoms with Gasteiger partial charge in [0.25, 0.3) is 0 Å². The highest BCUT2D eigenvalue weighted by Crippen LogP contribution is 2.23. The zero-order chi connectivity index (χ0) is 17.0. The number of anilines is 1. The van der Waals surface area contributed by atoms with Crippen LogP contribution in [0.3, 0.4) is 0 Å². The van der Waals surface area contributed by atoms with Crippen LogP contribution in [-0.2, 0) is 27.3 Å².